The monoisotopic (exact) mass is 346 g/mol. The minimum absolute atomic E-state index is 0.166. The Morgan fingerprint density at radius 2 is 1.65 bits per heavy atom. The average Bonchev–Trinajstić information content (AvgIpc) is 2.61. The molecule has 0 amide bonds. The van der Waals surface area contributed by atoms with E-state index in [1.165, 1.54) is 44.3 Å². The summed E-state index contributed by atoms with van der Waals surface area (Å²) in [5, 5.41) is 2.66. The Morgan fingerprint density at radius 1 is 0.923 bits per heavy atom. The van der Waals surface area contributed by atoms with Crippen molar-refractivity contribution in [2.75, 3.05) is 0 Å². The van der Waals surface area contributed by atoms with E-state index in [4.69, 9.17) is 0 Å². The summed E-state index contributed by atoms with van der Waals surface area (Å²) in [7, 11) is 2.16. The van der Waals surface area contributed by atoms with Crippen molar-refractivity contribution in [2.24, 2.45) is 7.05 Å². The van der Waals surface area contributed by atoms with E-state index in [9.17, 15) is 0 Å². The molecule has 0 N–H and O–H groups in total. The smallest absolute Gasteiger partial charge is 0.200 e. The first-order valence-electron chi connectivity index (χ1n) is 9.82. The molecule has 136 valence electrons. The van der Waals surface area contributed by atoms with Gasteiger partial charge in [0.05, 0.1) is 10.9 Å². The van der Waals surface area contributed by atoms with Gasteiger partial charge in [-0.3, -0.25) is 0 Å². The fraction of sp³-hybridized carbons (Fsp3) is 0.400. The van der Waals surface area contributed by atoms with E-state index >= 15 is 0 Å². The van der Waals surface area contributed by atoms with Crippen molar-refractivity contribution in [3.05, 3.63) is 64.8 Å². The van der Waals surface area contributed by atoms with Gasteiger partial charge in [-0.05, 0) is 65.0 Å². The molecule has 1 nitrogen and oxygen atoms in total. The maximum atomic E-state index is 2.39. The van der Waals surface area contributed by atoms with Crippen molar-refractivity contribution in [3.8, 4) is 11.3 Å². The van der Waals surface area contributed by atoms with Crippen LogP contribution in [-0.4, -0.2) is 0 Å². The molecule has 0 saturated heterocycles. The Balaban J connectivity index is 2.33. The Morgan fingerprint density at radius 3 is 2.27 bits per heavy atom. The molecule has 1 heterocycles. The summed E-state index contributed by atoms with van der Waals surface area (Å²) in [6, 6.07) is 14.0. The van der Waals surface area contributed by atoms with Gasteiger partial charge in [-0.1, -0.05) is 52.8 Å². The predicted molar refractivity (Wildman–Crippen MR) is 113 cm³/mol. The third kappa shape index (κ3) is 3.28. The summed E-state index contributed by atoms with van der Waals surface area (Å²) >= 11 is 0. The van der Waals surface area contributed by atoms with Crippen molar-refractivity contribution < 1.29 is 4.57 Å². The third-order valence-electron chi connectivity index (χ3n) is 5.62. The highest BCUT2D eigenvalue weighted by Gasteiger charge is 2.21. The first-order valence-corrected chi connectivity index (χ1v) is 9.82. The Labute approximate surface area is 158 Å². The first-order chi connectivity index (χ1) is 12.3. The van der Waals surface area contributed by atoms with Crippen LogP contribution in [0, 0.1) is 6.92 Å². The molecule has 0 unspecified atom stereocenters. The van der Waals surface area contributed by atoms with Gasteiger partial charge in [0, 0.05) is 6.07 Å². The van der Waals surface area contributed by atoms with Crippen molar-refractivity contribution in [1.29, 1.82) is 0 Å². The van der Waals surface area contributed by atoms with E-state index in [0.29, 0.717) is 0 Å². The van der Waals surface area contributed by atoms with Crippen LogP contribution in [0.3, 0.4) is 0 Å². The fourth-order valence-electron chi connectivity index (χ4n) is 3.83. The minimum Gasteiger partial charge on any atom is -0.200 e. The lowest BCUT2D eigenvalue weighted by Crippen LogP contribution is -2.31. The molecular weight excluding hydrogens is 314 g/mol. The lowest BCUT2D eigenvalue weighted by Gasteiger charge is -2.20. The fourth-order valence-corrected chi connectivity index (χ4v) is 3.83. The normalized spacial score (nSPS) is 12.0. The van der Waals surface area contributed by atoms with Gasteiger partial charge in [0.15, 0.2) is 6.20 Å². The Hall–Kier alpha value is -2.15. The number of hydrogen-bond acceptors (Lipinski definition) is 0. The van der Waals surface area contributed by atoms with E-state index in [0.717, 1.165) is 12.8 Å². The average molecular weight is 347 g/mol. The van der Waals surface area contributed by atoms with Gasteiger partial charge in [-0.25, -0.2) is 4.57 Å². The Kier molecular flexibility index (Phi) is 4.92. The number of pyridine rings is 1. The molecule has 26 heavy (non-hydrogen) atoms. The molecule has 1 heteroatoms. The van der Waals surface area contributed by atoms with Crippen molar-refractivity contribution >= 4 is 10.8 Å². The van der Waals surface area contributed by atoms with Crippen LogP contribution in [0.4, 0.5) is 0 Å². The predicted octanol–water partition coefficient (Wildman–Crippen LogP) is 6.06. The SMILES string of the molecule is CCc1cc(CC)c(C)c(-c2c3ccc(C(C)(C)C)cc3cc[n+]2C)c1. The van der Waals surface area contributed by atoms with Crippen LogP contribution in [0.5, 0.6) is 0 Å². The standard InChI is InChI=1S/C25H32N/c1-8-18-14-19(9-2)17(3)23(15-18)24-22-11-10-21(25(4,5)6)16-20(22)12-13-26(24)7/h10-16H,8-9H2,1-7H3/q+1. The Bertz CT molecular complexity index is 958. The summed E-state index contributed by atoms with van der Waals surface area (Å²) in [6.07, 6.45) is 4.35. The molecule has 3 rings (SSSR count). The quantitative estimate of drug-likeness (QED) is 0.507. The molecule has 3 aromatic rings. The van der Waals surface area contributed by atoms with Gasteiger partial charge >= 0.3 is 0 Å². The summed E-state index contributed by atoms with van der Waals surface area (Å²) in [6.45, 7) is 13.6. The molecule has 1 aromatic heterocycles. The van der Waals surface area contributed by atoms with E-state index < -0.39 is 0 Å². The summed E-state index contributed by atoms with van der Waals surface area (Å²) in [4.78, 5) is 0. The highest BCUT2D eigenvalue weighted by Crippen LogP contribution is 2.33. The second-order valence-electron chi connectivity index (χ2n) is 8.46. The third-order valence-corrected chi connectivity index (χ3v) is 5.62. The molecular formula is C25H32N+. The zero-order chi connectivity index (χ0) is 19.1. The van der Waals surface area contributed by atoms with Crippen LogP contribution in [-0.2, 0) is 25.3 Å². The van der Waals surface area contributed by atoms with Crippen LogP contribution >= 0.6 is 0 Å². The zero-order valence-corrected chi connectivity index (χ0v) is 17.4. The molecule has 0 fully saturated rings. The minimum atomic E-state index is 0.166. The van der Waals surface area contributed by atoms with Crippen molar-refractivity contribution in [3.63, 3.8) is 0 Å². The molecule has 0 aliphatic rings. The molecule has 0 spiro atoms. The van der Waals surface area contributed by atoms with Crippen LogP contribution < -0.4 is 4.57 Å². The molecule has 0 radical (unpaired) electrons. The van der Waals surface area contributed by atoms with Gasteiger partial charge < -0.3 is 0 Å². The molecule has 0 aliphatic heterocycles. The number of aromatic nitrogens is 1. The van der Waals surface area contributed by atoms with Gasteiger partial charge in [0.1, 0.15) is 7.05 Å². The summed E-state index contributed by atoms with van der Waals surface area (Å²) in [5.74, 6) is 0. The van der Waals surface area contributed by atoms with Gasteiger partial charge in [0.25, 0.3) is 0 Å². The largest absolute Gasteiger partial charge is 0.220 e. The van der Waals surface area contributed by atoms with Crippen LogP contribution in [0.2, 0.25) is 0 Å². The number of nitrogens with zero attached hydrogens (tertiary/aromatic N) is 1. The topological polar surface area (TPSA) is 3.88 Å². The second kappa shape index (κ2) is 6.87. The van der Waals surface area contributed by atoms with Crippen molar-refractivity contribution in [2.45, 2.75) is 59.8 Å². The number of benzene rings is 2. The molecule has 0 aliphatic carbocycles. The van der Waals surface area contributed by atoms with Crippen molar-refractivity contribution in [1.82, 2.24) is 0 Å². The van der Waals surface area contributed by atoms with Crippen LogP contribution in [0.25, 0.3) is 22.0 Å². The van der Waals surface area contributed by atoms with Crippen LogP contribution in [0.1, 0.15) is 56.9 Å². The number of rotatable bonds is 3. The van der Waals surface area contributed by atoms with E-state index in [-0.39, 0.29) is 5.41 Å². The van der Waals surface area contributed by atoms with E-state index in [2.05, 4.69) is 95.8 Å². The first kappa shape index (κ1) is 18.6. The lowest BCUT2D eigenvalue weighted by molar-refractivity contribution is -0.659. The maximum absolute atomic E-state index is 2.39. The number of hydrogen-bond donors (Lipinski definition) is 0. The summed E-state index contributed by atoms with van der Waals surface area (Å²) in [5.41, 5.74) is 8.54. The lowest BCUT2D eigenvalue weighted by atomic mass is 9.85. The van der Waals surface area contributed by atoms with E-state index in [1.807, 2.05) is 0 Å². The molecule has 0 saturated carbocycles. The van der Waals surface area contributed by atoms with E-state index in [1.54, 1.807) is 0 Å². The highest BCUT2D eigenvalue weighted by molar-refractivity contribution is 5.94. The van der Waals surface area contributed by atoms with Gasteiger partial charge in [-0.15, -0.1) is 0 Å². The maximum Gasteiger partial charge on any atom is 0.220 e. The number of aryl methyl sites for hydroxylation is 3. The molecule has 2 aromatic carbocycles. The van der Waals surface area contributed by atoms with Crippen LogP contribution in [0.15, 0.2) is 42.6 Å². The molecule has 0 atom stereocenters. The van der Waals surface area contributed by atoms with Gasteiger partial charge in [0.2, 0.25) is 5.69 Å². The number of fused-ring (bicyclic) bond motifs is 1. The zero-order valence-electron chi connectivity index (χ0n) is 17.4. The summed E-state index contributed by atoms with van der Waals surface area (Å²) < 4.78 is 2.28. The highest BCUT2D eigenvalue weighted by atomic mass is 14.9. The van der Waals surface area contributed by atoms with Gasteiger partial charge in [-0.2, -0.15) is 0 Å². The molecule has 0 bridgehead atoms. The second-order valence-corrected chi connectivity index (χ2v) is 8.46.